The number of ether oxygens (including phenoxy) is 1. The van der Waals surface area contributed by atoms with Crippen LogP contribution in [0.25, 0.3) is 0 Å². The van der Waals surface area contributed by atoms with Crippen LogP contribution in [0.1, 0.15) is 31.4 Å². The van der Waals surface area contributed by atoms with Crippen LogP contribution in [0, 0.1) is 0 Å². The lowest BCUT2D eigenvalue weighted by Crippen LogP contribution is -2.50. The number of likely N-dealkylation sites (N-methyl/N-ethyl adjacent to an activating group) is 1. The van der Waals surface area contributed by atoms with Crippen LogP contribution in [-0.2, 0) is 16.1 Å². The third-order valence-corrected chi connectivity index (χ3v) is 5.43. The van der Waals surface area contributed by atoms with Gasteiger partial charge in [-0.05, 0) is 37.8 Å². The summed E-state index contributed by atoms with van der Waals surface area (Å²) in [7, 11) is 3.50. The number of aliphatic imine (C=N–C) groups is 1. The predicted molar refractivity (Wildman–Crippen MR) is 129 cm³/mol. The highest BCUT2D eigenvalue weighted by Crippen LogP contribution is 2.13. The average molecular weight is 530 g/mol. The second-order valence-electron chi connectivity index (χ2n) is 7.98. The maximum absolute atomic E-state index is 11.9. The Kier molecular flexibility index (Phi) is 10.8. The summed E-state index contributed by atoms with van der Waals surface area (Å²) in [5.41, 5.74) is 1.11. The molecule has 2 fully saturated rings. The van der Waals surface area contributed by atoms with Gasteiger partial charge in [0.2, 0.25) is 5.91 Å². The van der Waals surface area contributed by atoms with Crippen LogP contribution in [0.15, 0.2) is 29.4 Å². The molecule has 1 atom stereocenters. The number of guanidine groups is 1. The van der Waals surface area contributed by atoms with Crippen molar-refractivity contribution in [1.29, 1.82) is 0 Å². The van der Waals surface area contributed by atoms with Gasteiger partial charge in [0, 0.05) is 59.1 Å². The second-order valence-corrected chi connectivity index (χ2v) is 7.98. The van der Waals surface area contributed by atoms with Gasteiger partial charge in [0.05, 0.1) is 11.8 Å². The number of carbonyl (C=O) groups is 1. The maximum Gasteiger partial charge on any atom is 0.243 e. The normalized spacial score (nSPS) is 20.5. The first kappa shape index (κ1) is 24.8. The molecule has 3 rings (SSSR count). The number of carbonyl (C=O) groups excluding carboxylic acids is 1. The highest BCUT2D eigenvalue weighted by atomic mass is 127. The number of piperidine rings is 1. The third kappa shape index (κ3) is 8.35. The minimum absolute atomic E-state index is 0. The van der Waals surface area contributed by atoms with Crippen molar-refractivity contribution in [2.75, 3.05) is 46.9 Å². The van der Waals surface area contributed by atoms with Crippen molar-refractivity contribution in [3.63, 3.8) is 0 Å². The highest BCUT2D eigenvalue weighted by molar-refractivity contribution is 14.0. The monoisotopic (exact) mass is 530 g/mol. The first-order chi connectivity index (χ1) is 14.1. The second kappa shape index (κ2) is 13.1. The topological polar surface area (TPSA) is 82.1 Å². The van der Waals surface area contributed by atoms with E-state index in [1.54, 1.807) is 19.0 Å². The SMILES string of the molecule is CN(C)C(=O)CN=C(NCC1CCCO1)NC1CCN(Cc2ccccn2)CC1.I. The highest BCUT2D eigenvalue weighted by Gasteiger charge is 2.21. The molecule has 2 N–H and O–H groups in total. The molecule has 0 bridgehead atoms. The van der Waals surface area contributed by atoms with Gasteiger partial charge in [0.1, 0.15) is 6.54 Å². The molecule has 1 aromatic rings. The summed E-state index contributed by atoms with van der Waals surface area (Å²) in [6, 6.07) is 6.41. The zero-order valence-corrected chi connectivity index (χ0v) is 20.4. The quantitative estimate of drug-likeness (QED) is 0.316. The Hall–Kier alpha value is -1.46. The molecule has 2 aliphatic heterocycles. The van der Waals surface area contributed by atoms with E-state index in [-0.39, 0.29) is 42.5 Å². The molecule has 8 nitrogen and oxygen atoms in total. The van der Waals surface area contributed by atoms with Gasteiger partial charge >= 0.3 is 0 Å². The first-order valence-corrected chi connectivity index (χ1v) is 10.6. The molecule has 30 heavy (non-hydrogen) atoms. The van der Waals surface area contributed by atoms with E-state index in [9.17, 15) is 4.79 Å². The van der Waals surface area contributed by atoms with Crippen molar-refractivity contribution in [2.24, 2.45) is 4.99 Å². The molecule has 2 aliphatic rings. The summed E-state index contributed by atoms with van der Waals surface area (Å²) in [4.78, 5) is 24.9. The Labute approximate surface area is 196 Å². The summed E-state index contributed by atoms with van der Waals surface area (Å²) < 4.78 is 5.69. The Balaban J connectivity index is 0.00000320. The number of rotatable bonds is 7. The number of likely N-dealkylation sites (tertiary alicyclic amines) is 1. The van der Waals surface area contributed by atoms with Gasteiger partial charge in [-0.2, -0.15) is 0 Å². The van der Waals surface area contributed by atoms with Gasteiger partial charge in [-0.3, -0.25) is 14.7 Å². The number of pyridine rings is 1. The molecule has 168 valence electrons. The van der Waals surface area contributed by atoms with E-state index in [1.165, 1.54) is 0 Å². The molecule has 9 heteroatoms. The van der Waals surface area contributed by atoms with Crippen molar-refractivity contribution < 1.29 is 9.53 Å². The van der Waals surface area contributed by atoms with Crippen LogP contribution >= 0.6 is 24.0 Å². The van der Waals surface area contributed by atoms with Crippen LogP contribution in [0.2, 0.25) is 0 Å². The number of hydrogen-bond acceptors (Lipinski definition) is 5. The number of halogens is 1. The van der Waals surface area contributed by atoms with Crippen molar-refractivity contribution in [2.45, 2.75) is 44.4 Å². The number of nitrogens with one attached hydrogen (secondary N) is 2. The summed E-state index contributed by atoms with van der Waals surface area (Å²) in [5, 5.41) is 6.90. The van der Waals surface area contributed by atoms with Gasteiger partial charge in [-0.15, -0.1) is 24.0 Å². The van der Waals surface area contributed by atoms with Crippen LogP contribution in [0.3, 0.4) is 0 Å². The minimum Gasteiger partial charge on any atom is -0.376 e. The van der Waals surface area contributed by atoms with E-state index in [2.05, 4.69) is 31.6 Å². The molecule has 2 saturated heterocycles. The van der Waals surface area contributed by atoms with Gasteiger partial charge in [-0.1, -0.05) is 6.07 Å². The molecule has 0 aromatic carbocycles. The molecule has 1 aromatic heterocycles. The summed E-state index contributed by atoms with van der Waals surface area (Å²) in [5.74, 6) is 0.701. The molecule has 0 aliphatic carbocycles. The maximum atomic E-state index is 11.9. The molecular weight excluding hydrogens is 495 g/mol. The van der Waals surface area contributed by atoms with Crippen molar-refractivity contribution in [3.05, 3.63) is 30.1 Å². The zero-order valence-electron chi connectivity index (χ0n) is 18.0. The number of nitrogens with zero attached hydrogens (tertiary/aromatic N) is 4. The van der Waals surface area contributed by atoms with Crippen molar-refractivity contribution in [1.82, 2.24) is 25.4 Å². The van der Waals surface area contributed by atoms with Crippen LogP contribution in [0.4, 0.5) is 0 Å². The molecule has 0 saturated carbocycles. The Morgan fingerprint density at radius 1 is 1.30 bits per heavy atom. The Morgan fingerprint density at radius 2 is 2.10 bits per heavy atom. The third-order valence-electron chi connectivity index (χ3n) is 5.43. The predicted octanol–water partition coefficient (Wildman–Crippen LogP) is 1.47. The van der Waals surface area contributed by atoms with Gasteiger partial charge in [0.25, 0.3) is 0 Å². The molecule has 1 unspecified atom stereocenters. The Morgan fingerprint density at radius 3 is 2.73 bits per heavy atom. The summed E-state index contributed by atoms with van der Waals surface area (Å²) >= 11 is 0. The van der Waals surface area contributed by atoms with E-state index in [0.717, 1.165) is 64.2 Å². The van der Waals surface area contributed by atoms with E-state index in [0.29, 0.717) is 12.0 Å². The molecule has 1 amide bonds. The average Bonchev–Trinajstić information content (AvgIpc) is 3.25. The number of hydrogen-bond donors (Lipinski definition) is 2. The fraction of sp³-hybridized carbons (Fsp3) is 0.667. The van der Waals surface area contributed by atoms with Gasteiger partial charge in [-0.25, -0.2) is 4.99 Å². The Bertz CT molecular complexity index is 659. The van der Waals surface area contributed by atoms with Gasteiger partial charge in [0.15, 0.2) is 5.96 Å². The number of amides is 1. The molecule has 0 radical (unpaired) electrons. The first-order valence-electron chi connectivity index (χ1n) is 10.6. The lowest BCUT2D eigenvalue weighted by Gasteiger charge is -2.33. The summed E-state index contributed by atoms with van der Waals surface area (Å²) in [6.45, 7) is 4.63. The largest absolute Gasteiger partial charge is 0.376 e. The fourth-order valence-corrected chi connectivity index (χ4v) is 3.61. The molecule has 0 spiro atoms. The fourth-order valence-electron chi connectivity index (χ4n) is 3.61. The van der Waals surface area contributed by atoms with Crippen LogP contribution in [-0.4, -0.2) is 85.7 Å². The smallest absolute Gasteiger partial charge is 0.243 e. The molecule has 3 heterocycles. The summed E-state index contributed by atoms with van der Waals surface area (Å²) in [6.07, 6.45) is 6.33. The van der Waals surface area contributed by atoms with Crippen molar-refractivity contribution >= 4 is 35.8 Å². The van der Waals surface area contributed by atoms with E-state index in [1.807, 2.05) is 18.3 Å². The molecular formula is C21H35IN6O2. The lowest BCUT2D eigenvalue weighted by atomic mass is 10.0. The van der Waals surface area contributed by atoms with Gasteiger partial charge < -0.3 is 20.3 Å². The number of aromatic nitrogens is 1. The van der Waals surface area contributed by atoms with E-state index < -0.39 is 0 Å². The van der Waals surface area contributed by atoms with E-state index in [4.69, 9.17) is 4.74 Å². The minimum atomic E-state index is -0.00611. The van der Waals surface area contributed by atoms with Crippen LogP contribution in [0.5, 0.6) is 0 Å². The lowest BCUT2D eigenvalue weighted by molar-refractivity contribution is -0.127. The standard InChI is InChI=1S/C21H34N6O2.HI/c1-26(2)20(28)15-24-21(23-14-19-7-5-13-29-19)25-17-8-11-27(12-9-17)16-18-6-3-4-10-22-18;/h3-4,6,10,17,19H,5,7-9,11-16H2,1-2H3,(H2,23,24,25);1H. The van der Waals surface area contributed by atoms with Crippen molar-refractivity contribution in [3.8, 4) is 0 Å². The van der Waals surface area contributed by atoms with Crippen LogP contribution < -0.4 is 10.6 Å². The zero-order chi connectivity index (χ0) is 20.5. The van der Waals surface area contributed by atoms with E-state index >= 15 is 0 Å².